The summed E-state index contributed by atoms with van der Waals surface area (Å²) >= 11 is 2.02. The lowest BCUT2D eigenvalue weighted by Gasteiger charge is -2.35. The zero-order valence-corrected chi connectivity index (χ0v) is 18.6. The number of hydrazine groups is 3. The van der Waals surface area contributed by atoms with Gasteiger partial charge < -0.3 is 0 Å². The van der Waals surface area contributed by atoms with E-state index in [2.05, 4.69) is 66.3 Å². The highest BCUT2D eigenvalue weighted by Crippen LogP contribution is 2.38. The van der Waals surface area contributed by atoms with Crippen molar-refractivity contribution in [3.63, 3.8) is 0 Å². The van der Waals surface area contributed by atoms with E-state index in [0.29, 0.717) is 29.1 Å². The predicted molar refractivity (Wildman–Crippen MR) is 113 cm³/mol. The van der Waals surface area contributed by atoms with Crippen molar-refractivity contribution < 1.29 is 0 Å². The van der Waals surface area contributed by atoms with E-state index in [1.165, 1.54) is 44.9 Å². The van der Waals surface area contributed by atoms with Crippen molar-refractivity contribution in [2.45, 2.75) is 115 Å². The van der Waals surface area contributed by atoms with Gasteiger partial charge in [0.1, 0.15) is 5.50 Å². The van der Waals surface area contributed by atoms with E-state index in [1.807, 2.05) is 11.8 Å². The molecule has 6 unspecified atom stereocenters. The fourth-order valence-electron chi connectivity index (χ4n) is 5.49. The second-order valence-corrected chi connectivity index (χ2v) is 11.5. The van der Waals surface area contributed by atoms with E-state index in [1.54, 1.807) is 0 Å². The molecule has 4 fully saturated rings. The maximum absolute atomic E-state index is 3.84. The minimum atomic E-state index is 0.198. The zero-order chi connectivity index (χ0) is 19.2. The molecule has 4 aliphatic rings. The van der Waals surface area contributed by atoms with Crippen LogP contribution in [0.4, 0.5) is 0 Å². The Morgan fingerprint density at radius 2 is 1.67 bits per heavy atom. The fourth-order valence-corrected chi connectivity index (χ4v) is 6.71. The maximum atomic E-state index is 3.84. The van der Waals surface area contributed by atoms with Gasteiger partial charge in [-0.1, -0.05) is 40.0 Å². The van der Waals surface area contributed by atoms with Gasteiger partial charge in [0.15, 0.2) is 0 Å². The predicted octanol–water partition coefficient (Wildman–Crippen LogP) is 2.96. The molecule has 7 heteroatoms. The Balaban J connectivity index is 1.29. The summed E-state index contributed by atoms with van der Waals surface area (Å²) in [5.74, 6) is 0.745. The van der Waals surface area contributed by atoms with Crippen LogP contribution < -0.4 is 21.7 Å². The third-order valence-corrected chi connectivity index (χ3v) is 8.34. The van der Waals surface area contributed by atoms with Gasteiger partial charge >= 0.3 is 0 Å². The molecule has 1 saturated carbocycles. The van der Waals surface area contributed by atoms with E-state index in [0.717, 1.165) is 12.0 Å². The van der Waals surface area contributed by atoms with Crippen molar-refractivity contribution >= 4 is 11.8 Å². The van der Waals surface area contributed by atoms with Gasteiger partial charge in [0, 0.05) is 18.1 Å². The Kier molecular flexibility index (Phi) is 6.11. The smallest absolute Gasteiger partial charge is 0.136 e. The zero-order valence-electron chi connectivity index (χ0n) is 17.8. The van der Waals surface area contributed by atoms with Crippen LogP contribution in [-0.4, -0.2) is 45.2 Å². The average Bonchev–Trinajstić information content (AvgIpc) is 3.26. The van der Waals surface area contributed by atoms with Gasteiger partial charge in [0.2, 0.25) is 0 Å². The highest BCUT2D eigenvalue weighted by molar-refractivity contribution is 8.00. The summed E-state index contributed by atoms with van der Waals surface area (Å²) in [6.45, 7) is 11.7. The Morgan fingerprint density at radius 1 is 0.926 bits per heavy atom. The summed E-state index contributed by atoms with van der Waals surface area (Å²) in [6, 6.07) is 2.00. The van der Waals surface area contributed by atoms with Crippen LogP contribution in [0, 0.1) is 11.3 Å². The Bertz CT molecular complexity index is 505. The lowest BCUT2D eigenvalue weighted by atomic mass is 9.89. The summed E-state index contributed by atoms with van der Waals surface area (Å²) in [4.78, 5) is 0. The number of nitrogens with one attached hydrogen (secondary N) is 4. The second-order valence-electron chi connectivity index (χ2n) is 10.2. The number of fused-ring (bicyclic) bond motifs is 1. The Morgan fingerprint density at radius 3 is 2.37 bits per heavy atom. The van der Waals surface area contributed by atoms with Crippen LogP contribution in [0.25, 0.3) is 0 Å². The summed E-state index contributed by atoms with van der Waals surface area (Å²) in [7, 11) is 0. The number of thioether (sulfide) groups is 1. The van der Waals surface area contributed by atoms with Gasteiger partial charge in [-0.25, -0.2) is 21.3 Å². The van der Waals surface area contributed by atoms with Gasteiger partial charge in [-0.2, -0.15) is 5.01 Å². The Labute approximate surface area is 169 Å². The molecule has 0 spiro atoms. The van der Waals surface area contributed by atoms with Crippen LogP contribution in [0.2, 0.25) is 0 Å². The largest absolute Gasteiger partial charge is 0.252 e. The average molecular weight is 397 g/mol. The van der Waals surface area contributed by atoms with Crippen molar-refractivity contribution in [3.05, 3.63) is 0 Å². The molecule has 0 amide bonds. The summed E-state index contributed by atoms with van der Waals surface area (Å²) < 4.78 is 0. The molecule has 3 saturated heterocycles. The molecule has 27 heavy (non-hydrogen) atoms. The quantitative estimate of drug-likeness (QED) is 0.583. The molecule has 4 N–H and O–H groups in total. The lowest BCUT2D eigenvalue weighted by molar-refractivity contribution is 0.0732. The van der Waals surface area contributed by atoms with Crippen molar-refractivity contribution in [1.82, 2.24) is 31.7 Å². The normalized spacial score (nSPS) is 42.1. The maximum Gasteiger partial charge on any atom is 0.136 e. The molecule has 0 aromatic rings. The summed E-state index contributed by atoms with van der Waals surface area (Å²) in [5, 5.41) is 5.53. The van der Waals surface area contributed by atoms with Crippen LogP contribution in [0.1, 0.15) is 79.6 Å². The highest BCUT2D eigenvalue weighted by Gasteiger charge is 2.46. The van der Waals surface area contributed by atoms with E-state index >= 15 is 0 Å². The molecular formula is C20H40N6S. The first-order valence-corrected chi connectivity index (χ1v) is 12.0. The van der Waals surface area contributed by atoms with E-state index < -0.39 is 0 Å². The lowest BCUT2D eigenvalue weighted by Crippen LogP contribution is -2.52. The van der Waals surface area contributed by atoms with Crippen LogP contribution in [0.3, 0.4) is 0 Å². The molecule has 6 nitrogen and oxygen atoms in total. The van der Waals surface area contributed by atoms with Crippen LogP contribution in [0.15, 0.2) is 0 Å². The van der Waals surface area contributed by atoms with Crippen molar-refractivity contribution in [1.29, 1.82) is 0 Å². The van der Waals surface area contributed by atoms with Gasteiger partial charge in [-0.15, -0.1) is 11.8 Å². The number of rotatable bonds is 4. The Hall–Kier alpha value is 0.110. The molecule has 156 valence electrons. The molecular weight excluding hydrogens is 356 g/mol. The second kappa shape index (κ2) is 8.09. The van der Waals surface area contributed by atoms with Crippen LogP contribution in [0.5, 0.6) is 0 Å². The SMILES string of the molecule is CC1NN(C2CCCCC2)C(C)C1CCC1NN2C(NNC2C(C)(C)C)S1. The van der Waals surface area contributed by atoms with E-state index in [-0.39, 0.29) is 5.41 Å². The topological polar surface area (TPSA) is 54.6 Å². The fraction of sp³-hybridized carbons (Fsp3) is 1.00. The molecule has 1 aliphatic carbocycles. The number of hydrogen-bond acceptors (Lipinski definition) is 7. The number of hydrogen-bond donors (Lipinski definition) is 4. The van der Waals surface area contributed by atoms with Crippen LogP contribution in [-0.2, 0) is 0 Å². The van der Waals surface area contributed by atoms with Gasteiger partial charge in [-0.05, 0) is 50.9 Å². The van der Waals surface area contributed by atoms with Gasteiger partial charge in [0.05, 0.1) is 11.5 Å². The molecule has 0 bridgehead atoms. The third-order valence-electron chi connectivity index (χ3n) is 7.06. The molecule has 0 radical (unpaired) electrons. The molecule has 3 heterocycles. The third kappa shape index (κ3) is 4.20. The highest BCUT2D eigenvalue weighted by atomic mass is 32.2. The van der Waals surface area contributed by atoms with E-state index in [9.17, 15) is 0 Å². The van der Waals surface area contributed by atoms with Gasteiger partial charge in [0.25, 0.3) is 0 Å². The van der Waals surface area contributed by atoms with Crippen molar-refractivity contribution in [2.24, 2.45) is 11.3 Å². The standard InChI is InChI=1S/C20H40N6S/c1-13-16(14(2)25(23-13)15-9-7-6-8-10-15)11-12-17-24-26-18(20(3,4)5)21-22-19(26)27-17/h13-19,21-24H,6-12H2,1-5H3. The monoisotopic (exact) mass is 396 g/mol. The summed E-state index contributed by atoms with van der Waals surface area (Å²) in [6.07, 6.45) is 9.84. The first-order chi connectivity index (χ1) is 12.8. The van der Waals surface area contributed by atoms with Crippen LogP contribution >= 0.6 is 11.8 Å². The molecule has 0 aromatic carbocycles. The van der Waals surface area contributed by atoms with Crippen molar-refractivity contribution in [2.75, 3.05) is 0 Å². The minimum Gasteiger partial charge on any atom is -0.252 e. The van der Waals surface area contributed by atoms with Gasteiger partial charge in [-0.3, -0.25) is 5.43 Å². The molecule has 4 rings (SSSR count). The molecule has 6 atom stereocenters. The summed E-state index contributed by atoms with van der Waals surface area (Å²) in [5.41, 5.74) is 15.1. The molecule has 3 aliphatic heterocycles. The minimum absolute atomic E-state index is 0.198. The number of nitrogens with zero attached hydrogens (tertiary/aromatic N) is 2. The van der Waals surface area contributed by atoms with E-state index in [4.69, 9.17) is 0 Å². The van der Waals surface area contributed by atoms with Crippen molar-refractivity contribution in [3.8, 4) is 0 Å². The first-order valence-electron chi connectivity index (χ1n) is 11.1. The first kappa shape index (κ1) is 20.4. The molecule has 0 aromatic heterocycles.